The Bertz CT molecular complexity index is 1050. The summed E-state index contributed by atoms with van der Waals surface area (Å²) in [4.78, 5) is 24.8. The summed E-state index contributed by atoms with van der Waals surface area (Å²) >= 11 is 0. The molecule has 4 rings (SSSR count). The van der Waals surface area contributed by atoms with Crippen molar-refractivity contribution in [3.05, 3.63) is 71.8 Å². The molecule has 43 heavy (non-hydrogen) atoms. The number of rotatable bonds is 8. The van der Waals surface area contributed by atoms with Crippen LogP contribution in [0.5, 0.6) is 0 Å². The first-order valence-electron chi connectivity index (χ1n) is 16.1. The second kappa shape index (κ2) is 14.6. The van der Waals surface area contributed by atoms with Crippen molar-refractivity contribution in [1.82, 2.24) is 10.6 Å². The van der Waals surface area contributed by atoms with Gasteiger partial charge in [0.2, 0.25) is 0 Å². The predicted molar refractivity (Wildman–Crippen MR) is 170 cm³/mol. The van der Waals surface area contributed by atoms with Crippen LogP contribution in [0.4, 0.5) is 9.59 Å². The fourth-order valence-electron chi connectivity index (χ4n) is 6.45. The maximum absolute atomic E-state index is 12.4. The summed E-state index contributed by atoms with van der Waals surface area (Å²) in [6.45, 7) is 11.3. The minimum Gasteiger partial charge on any atom is -0.444 e. The average molecular weight is 593 g/mol. The average Bonchev–Trinajstić information content (AvgIpc) is 2.94. The number of ether oxygens (including phenoxy) is 3. The number of hydrogen-bond donors (Lipinski definition) is 2. The molecule has 0 aliphatic heterocycles. The van der Waals surface area contributed by atoms with Crippen LogP contribution in [0.1, 0.15) is 116 Å². The van der Waals surface area contributed by atoms with Gasteiger partial charge in [0.1, 0.15) is 11.2 Å². The van der Waals surface area contributed by atoms with E-state index >= 15 is 0 Å². The topological polar surface area (TPSA) is 85.9 Å². The van der Waals surface area contributed by atoms with Crippen LogP contribution in [-0.4, -0.2) is 35.5 Å². The zero-order valence-corrected chi connectivity index (χ0v) is 26.9. The summed E-state index contributed by atoms with van der Waals surface area (Å²) in [5, 5.41) is 6.16. The Hall–Kier alpha value is -3.06. The van der Waals surface area contributed by atoms with E-state index < -0.39 is 11.2 Å². The second-order valence-electron chi connectivity index (χ2n) is 14.3. The highest BCUT2D eigenvalue weighted by Crippen LogP contribution is 2.45. The summed E-state index contributed by atoms with van der Waals surface area (Å²) in [7, 11) is 0. The van der Waals surface area contributed by atoms with Crippen LogP contribution in [-0.2, 0) is 14.2 Å². The smallest absolute Gasteiger partial charge is 0.407 e. The van der Waals surface area contributed by atoms with Gasteiger partial charge in [-0.2, -0.15) is 0 Å². The van der Waals surface area contributed by atoms with E-state index in [2.05, 4.69) is 71.3 Å². The molecule has 0 bridgehead atoms. The van der Waals surface area contributed by atoms with E-state index in [4.69, 9.17) is 14.2 Å². The molecule has 0 radical (unpaired) electrons. The lowest BCUT2D eigenvalue weighted by Crippen LogP contribution is -2.42. The quantitative estimate of drug-likeness (QED) is 0.320. The first-order valence-corrected chi connectivity index (χ1v) is 16.1. The second-order valence-corrected chi connectivity index (χ2v) is 14.3. The van der Waals surface area contributed by atoms with E-state index in [0.29, 0.717) is 11.8 Å². The third-order valence-electron chi connectivity index (χ3n) is 8.39. The van der Waals surface area contributed by atoms with Crippen molar-refractivity contribution in [3.63, 3.8) is 0 Å². The zero-order chi connectivity index (χ0) is 31.0. The van der Waals surface area contributed by atoms with Crippen molar-refractivity contribution in [2.75, 3.05) is 0 Å². The zero-order valence-electron chi connectivity index (χ0n) is 26.9. The fraction of sp³-hybridized carbons (Fsp3) is 0.611. The molecule has 2 saturated carbocycles. The molecule has 2 aliphatic carbocycles. The molecule has 2 fully saturated rings. The Kier molecular flexibility index (Phi) is 11.2. The Morgan fingerprint density at radius 1 is 0.581 bits per heavy atom. The molecule has 2 unspecified atom stereocenters. The minimum absolute atomic E-state index is 0.0495. The number of hydrogen-bond acceptors (Lipinski definition) is 5. The van der Waals surface area contributed by atoms with Crippen LogP contribution in [0.25, 0.3) is 0 Å². The Morgan fingerprint density at radius 3 is 1.21 bits per heavy atom. The molecular formula is C36H52N2O5. The van der Waals surface area contributed by atoms with Crippen molar-refractivity contribution in [2.24, 2.45) is 11.8 Å². The van der Waals surface area contributed by atoms with E-state index in [1.807, 2.05) is 41.5 Å². The summed E-state index contributed by atoms with van der Waals surface area (Å²) in [6.07, 6.45) is 6.67. The molecule has 2 amide bonds. The number of benzene rings is 2. The Balaban J connectivity index is 1.45. The van der Waals surface area contributed by atoms with E-state index in [1.165, 1.54) is 11.1 Å². The van der Waals surface area contributed by atoms with Crippen molar-refractivity contribution in [3.8, 4) is 0 Å². The van der Waals surface area contributed by atoms with Gasteiger partial charge in [0, 0.05) is 12.1 Å². The monoisotopic (exact) mass is 592 g/mol. The van der Waals surface area contributed by atoms with E-state index in [-0.39, 0.29) is 36.5 Å². The molecule has 2 atom stereocenters. The van der Waals surface area contributed by atoms with Gasteiger partial charge >= 0.3 is 12.2 Å². The van der Waals surface area contributed by atoms with Crippen LogP contribution < -0.4 is 10.6 Å². The van der Waals surface area contributed by atoms with Crippen LogP contribution in [0.2, 0.25) is 0 Å². The van der Waals surface area contributed by atoms with Crippen LogP contribution in [0.15, 0.2) is 60.7 Å². The van der Waals surface area contributed by atoms with E-state index in [9.17, 15) is 9.59 Å². The van der Waals surface area contributed by atoms with Crippen molar-refractivity contribution in [2.45, 2.75) is 128 Å². The molecule has 0 aromatic heterocycles. The van der Waals surface area contributed by atoms with Gasteiger partial charge in [-0.1, -0.05) is 60.7 Å². The lowest BCUT2D eigenvalue weighted by molar-refractivity contribution is -0.0885. The molecule has 2 aromatic carbocycles. The fourth-order valence-corrected chi connectivity index (χ4v) is 6.45. The number of carbonyl (C=O) groups is 2. The molecule has 0 saturated heterocycles. The Labute approximate surface area is 258 Å². The van der Waals surface area contributed by atoms with Gasteiger partial charge in [-0.15, -0.1) is 0 Å². The molecule has 0 heterocycles. The van der Waals surface area contributed by atoms with Gasteiger partial charge in [-0.05, 0) is 116 Å². The molecule has 0 spiro atoms. The van der Waals surface area contributed by atoms with Crippen LogP contribution in [0, 0.1) is 11.8 Å². The number of amides is 2. The summed E-state index contributed by atoms with van der Waals surface area (Å²) in [6, 6.07) is 21.4. The third-order valence-corrected chi connectivity index (χ3v) is 8.39. The Morgan fingerprint density at radius 2 is 0.907 bits per heavy atom. The summed E-state index contributed by atoms with van der Waals surface area (Å²) in [5.41, 5.74) is 1.38. The van der Waals surface area contributed by atoms with Gasteiger partial charge in [0.15, 0.2) is 0 Å². The maximum Gasteiger partial charge on any atom is 0.407 e. The highest BCUT2D eigenvalue weighted by atomic mass is 16.6. The van der Waals surface area contributed by atoms with Crippen molar-refractivity contribution in [1.29, 1.82) is 0 Å². The largest absolute Gasteiger partial charge is 0.444 e. The van der Waals surface area contributed by atoms with Crippen molar-refractivity contribution >= 4 is 12.2 Å². The van der Waals surface area contributed by atoms with Crippen LogP contribution in [0.3, 0.4) is 0 Å². The number of carbonyl (C=O) groups excluding carboxylic acids is 2. The normalized spacial score (nSPS) is 24.3. The first kappa shape index (κ1) is 32.8. The molecule has 2 aromatic rings. The lowest BCUT2D eigenvalue weighted by atomic mass is 9.78. The molecule has 2 aliphatic rings. The van der Waals surface area contributed by atoms with Crippen molar-refractivity contribution < 1.29 is 23.8 Å². The summed E-state index contributed by atoms with van der Waals surface area (Å²) in [5.74, 6) is 0.686. The highest BCUT2D eigenvalue weighted by Gasteiger charge is 2.36. The first-order chi connectivity index (χ1) is 20.4. The van der Waals surface area contributed by atoms with Crippen LogP contribution >= 0.6 is 0 Å². The maximum atomic E-state index is 12.4. The standard InChI is InChI=1S/C36H52N2O5/c1-35(2,3)42-33(39)37-29-21-17-27(18-22-29)31(25-13-9-7-10-14-25)41-32(26-15-11-8-12-16-26)28-19-23-30(24-20-28)38-34(40)43-36(4,5)6/h7-16,27-32H,17-24H2,1-6H3,(H,37,39)(H,38,40)/t27-,28-,29-,30-,31?,32?. The van der Waals surface area contributed by atoms with Gasteiger partial charge in [-0.25, -0.2) is 9.59 Å². The molecule has 2 N–H and O–H groups in total. The van der Waals surface area contributed by atoms with Gasteiger partial charge in [0.25, 0.3) is 0 Å². The van der Waals surface area contributed by atoms with Gasteiger partial charge in [0.05, 0.1) is 12.2 Å². The predicted octanol–water partition coefficient (Wildman–Crippen LogP) is 8.65. The van der Waals surface area contributed by atoms with Gasteiger partial charge in [-0.3, -0.25) is 0 Å². The number of nitrogens with one attached hydrogen (secondary N) is 2. The molecule has 7 heteroatoms. The SMILES string of the molecule is CC(C)(C)OC(=O)N[C@H]1CC[C@H](C(OC(c2ccccc2)[C@H]2CC[C@H](NC(=O)OC(C)(C)C)CC2)c2ccccc2)CC1. The molecular weight excluding hydrogens is 540 g/mol. The summed E-state index contributed by atoms with van der Waals surface area (Å²) < 4.78 is 18.2. The third kappa shape index (κ3) is 10.6. The number of alkyl carbamates (subject to hydrolysis) is 2. The highest BCUT2D eigenvalue weighted by molar-refractivity contribution is 5.68. The van der Waals surface area contributed by atoms with Gasteiger partial charge < -0.3 is 24.8 Å². The van der Waals surface area contributed by atoms with E-state index in [1.54, 1.807) is 0 Å². The molecule has 236 valence electrons. The minimum atomic E-state index is -0.509. The van der Waals surface area contributed by atoms with E-state index in [0.717, 1.165) is 51.4 Å². The lowest BCUT2D eigenvalue weighted by Gasteiger charge is -2.40. The molecule has 7 nitrogen and oxygen atoms in total.